The lowest BCUT2D eigenvalue weighted by Crippen LogP contribution is -2.50. The van der Waals surface area contributed by atoms with Gasteiger partial charge in [0.2, 0.25) is 0 Å². The summed E-state index contributed by atoms with van der Waals surface area (Å²) >= 11 is 0. The van der Waals surface area contributed by atoms with Crippen LogP contribution in [-0.4, -0.2) is 61.0 Å². The van der Waals surface area contributed by atoms with Crippen molar-refractivity contribution >= 4 is 6.03 Å². The summed E-state index contributed by atoms with van der Waals surface area (Å²) in [5, 5.41) is 3.06. The lowest BCUT2D eigenvalue weighted by Gasteiger charge is -2.33. The molecule has 6 heteroatoms. The molecule has 0 unspecified atom stereocenters. The first-order valence-corrected chi connectivity index (χ1v) is 7.71. The average Bonchev–Trinajstić information content (AvgIpc) is 2.69. The standard InChI is InChI=1S/C14H25F2N3O/c15-13(16)11-18-9-5-12(6-10-18)17-14(20)19-7-3-1-2-4-8-19/h12-13H,1-11H2,(H,17,20). The predicted octanol–water partition coefficient (Wildman–Crippen LogP) is 2.30. The van der Waals surface area contributed by atoms with Gasteiger partial charge in [0, 0.05) is 32.2 Å². The van der Waals surface area contributed by atoms with Gasteiger partial charge in [0.05, 0.1) is 6.54 Å². The Morgan fingerprint density at radius 1 is 1.05 bits per heavy atom. The van der Waals surface area contributed by atoms with Crippen LogP contribution in [0.15, 0.2) is 0 Å². The number of hydrogen-bond donors (Lipinski definition) is 1. The third-order valence-electron chi connectivity index (χ3n) is 4.20. The molecule has 0 spiro atoms. The highest BCUT2D eigenvalue weighted by molar-refractivity contribution is 5.74. The molecule has 2 fully saturated rings. The van der Waals surface area contributed by atoms with Gasteiger partial charge in [-0.15, -0.1) is 0 Å². The fraction of sp³-hybridized carbons (Fsp3) is 0.929. The van der Waals surface area contributed by atoms with E-state index in [1.54, 1.807) is 4.90 Å². The minimum absolute atomic E-state index is 0.0270. The molecule has 2 heterocycles. The summed E-state index contributed by atoms with van der Waals surface area (Å²) in [5.41, 5.74) is 0. The second kappa shape index (κ2) is 7.76. The topological polar surface area (TPSA) is 35.6 Å². The summed E-state index contributed by atoms with van der Waals surface area (Å²) in [5.74, 6) is 0. The van der Waals surface area contributed by atoms with Crippen LogP contribution in [0.1, 0.15) is 38.5 Å². The van der Waals surface area contributed by atoms with Crippen molar-refractivity contribution in [3.63, 3.8) is 0 Å². The predicted molar refractivity (Wildman–Crippen MR) is 74.0 cm³/mol. The van der Waals surface area contributed by atoms with E-state index in [0.717, 1.165) is 38.8 Å². The molecule has 0 saturated carbocycles. The number of alkyl halides is 2. The number of rotatable bonds is 3. The summed E-state index contributed by atoms with van der Waals surface area (Å²) in [4.78, 5) is 15.8. The van der Waals surface area contributed by atoms with Gasteiger partial charge in [0.25, 0.3) is 6.43 Å². The largest absolute Gasteiger partial charge is 0.335 e. The fourth-order valence-corrected chi connectivity index (χ4v) is 2.99. The maximum atomic E-state index is 12.3. The molecule has 2 saturated heterocycles. The zero-order chi connectivity index (χ0) is 14.4. The number of amides is 2. The Morgan fingerprint density at radius 2 is 1.65 bits per heavy atom. The zero-order valence-corrected chi connectivity index (χ0v) is 12.0. The van der Waals surface area contributed by atoms with E-state index >= 15 is 0 Å². The van der Waals surface area contributed by atoms with Gasteiger partial charge < -0.3 is 10.2 Å². The van der Waals surface area contributed by atoms with Crippen LogP contribution in [0.3, 0.4) is 0 Å². The van der Waals surface area contributed by atoms with Crippen molar-refractivity contribution in [2.24, 2.45) is 0 Å². The molecule has 2 aliphatic rings. The Labute approximate surface area is 119 Å². The molecule has 2 amide bonds. The molecule has 0 atom stereocenters. The van der Waals surface area contributed by atoms with Crippen LogP contribution < -0.4 is 5.32 Å². The summed E-state index contributed by atoms with van der Waals surface area (Å²) in [6.45, 7) is 2.84. The van der Waals surface area contributed by atoms with Crippen LogP contribution in [-0.2, 0) is 0 Å². The van der Waals surface area contributed by atoms with E-state index in [9.17, 15) is 13.6 Å². The third kappa shape index (κ3) is 4.89. The van der Waals surface area contributed by atoms with Gasteiger partial charge in [-0.05, 0) is 25.7 Å². The van der Waals surface area contributed by atoms with Crippen molar-refractivity contribution in [3.05, 3.63) is 0 Å². The van der Waals surface area contributed by atoms with Crippen LogP contribution >= 0.6 is 0 Å². The average molecular weight is 289 g/mol. The van der Waals surface area contributed by atoms with Crippen LogP contribution in [0.4, 0.5) is 13.6 Å². The second-order valence-corrected chi connectivity index (χ2v) is 5.82. The zero-order valence-electron chi connectivity index (χ0n) is 12.0. The Bertz CT molecular complexity index is 299. The molecular weight excluding hydrogens is 264 g/mol. The molecular formula is C14H25F2N3O. The fourth-order valence-electron chi connectivity index (χ4n) is 2.99. The van der Waals surface area contributed by atoms with Crippen LogP contribution in [0.5, 0.6) is 0 Å². The summed E-state index contributed by atoms with van der Waals surface area (Å²) in [6, 6.07) is 0.166. The molecule has 2 aliphatic heterocycles. The number of likely N-dealkylation sites (tertiary alicyclic amines) is 2. The van der Waals surface area contributed by atoms with Gasteiger partial charge in [-0.25, -0.2) is 13.6 Å². The first-order valence-electron chi connectivity index (χ1n) is 7.71. The normalized spacial score (nSPS) is 22.9. The van der Waals surface area contributed by atoms with Gasteiger partial charge in [-0.1, -0.05) is 12.8 Å². The van der Waals surface area contributed by atoms with E-state index in [1.807, 2.05) is 4.90 Å². The smallest absolute Gasteiger partial charge is 0.317 e. The minimum atomic E-state index is -2.27. The lowest BCUT2D eigenvalue weighted by molar-refractivity contribution is 0.0730. The van der Waals surface area contributed by atoms with Crippen molar-refractivity contribution in [1.29, 1.82) is 0 Å². The Kier molecular flexibility index (Phi) is 6.01. The SMILES string of the molecule is O=C(NC1CCN(CC(F)F)CC1)N1CCCCCC1. The number of hydrogen-bond acceptors (Lipinski definition) is 2. The molecule has 20 heavy (non-hydrogen) atoms. The highest BCUT2D eigenvalue weighted by atomic mass is 19.3. The highest BCUT2D eigenvalue weighted by Crippen LogP contribution is 2.14. The second-order valence-electron chi connectivity index (χ2n) is 5.82. The van der Waals surface area contributed by atoms with E-state index < -0.39 is 6.43 Å². The van der Waals surface area contributed by atoms with E-state index in [2.05, 4.69) is 5.32 Å². The highest BCUT2D eigenvalue weighted by Gasteiger charge is 2.24. The lowest BCUT2D eigenvalue weighted by atomic mass is 10.1. The molecule has 4 nitrogen and oxygen atoms in total. The van der Waals surface area contributed by atoms with Gasteiger partial charge in [0.1, 0.15) is 0 Å². The monoisotopic (exact) mass is 289 g/mol. The maximum absolute atomic E-state index is 12.3. The molecule has 0 aromatic rings. The van der Waals surface area contributed by atoms with E-state index in [1.165, 1.54) is 12.8 Å². The molecule has 0 aromatic carbocycles. The van der Waals surface area contributed by atoms with E-state index in [0.29, 0.717) is 13.1 Å². The molecule has 1 N–H and O–H groups in total. The maximum Gasteiger partial charge on any atom is 0.317 e. The van der Waals surface area contributed by atoms with Crippen LogP contribution in [0, 0.1) is 0 Å². The number of piperidine rings is 1. The third-order valence-corrected chi connectivity index (χ3v) is 4.20. The van der Waals surface area contributed by atoms with E-state index in [4.69, 9.17) is 0 Å². The molecule has 2 rings (SSSR count). The van der Waals surface area contributed by atoms with Gasteiger partial charge >= 0.3 is 6.03 Å². The van der Waals surface area contributed by atoms with Crippen molar-refractivity contribution in [3.8, 4) is 0 Å². The number of halogens is 2. The van der Waals surface area contributed by atoms with Crippen molar-refractivity contribution in [2.75, 3.05) is 32.7 Å². The molecule has 116 valence electrons. The number of nitrogens with zero attached hydrogens (tertiary/aromatic N) is 2. The van der Waals surface area contributed by atoms with Gasteiger partial charge in [-0.3, -0.25) is 4.90 Å². The van der Waals surface area contributed by atoms with Crippen molar-refractivity contribution in [1.82, 2.24) is 15.1 Å². The minimum Gasteiger partial charge on any atom is -0.335 e. The van der Waals surface area contributed by atoms with Crippen LogP contribution in [0.25, 0.3) is 0 Å². The Balaban J connectivity index is 1.70. The van der Waals surface area contributed by atoms with E-state index in [-0.39, 0.29) is 18.6 Å². The van der Waals surface area contributed by atoms with Crippen LogP contribution in [0.2, 0.25) is 0 Å². The summed E-state index contributed by atoms with van der Waals surface area (Å²) in [6.07, 6.45) is 3.85. The van der Waals surface area contributed by atoms with Gasteiger partial charge in [-0.2, -0.15) is 0 Å². The van der Waals surface area contributed by atoms with Crippen molar-refractivity contribution in [2.45, 2.75) is 51.0 Å². The molecule has 0 radical (unpaired) electrons. The Morgan fingerprint density at radius 3 is 2.20 bits per heavy atom. The van der Waals surface area contributed by atoms with Gasteiger partial charge in [0.15, 0.2) is 0 Å². The number of carbonyl (C=O) groups excluding carboxylic acids is 1. The Hall–Kier alpha value is -0.910. The molecule has 0 bridgehead atoms. The molecule has 0 aliphatic carbocycles. The number of urea groups is 1. The summed E-state index contributed by atoms with van der Waals surface area (Å²) in [7, 11) is 0. The quantitative estimate of drug-likeness (QED) is 0.865. The molecule has 0 aromatic heterocycles. The first-order chi connectivity index (χ1) is 9.65. The number of nitrogens with one attached hydrogen (secondary N) is 1. The van der Waals surface area contributed by atoms with Crippen molar-refractivity contribution < 1.29 is 13.6 Å². The number of carbonyl (C=O) groups is 1. The first kappa shape index (κ1) is 15.5. The summed E-state index contributed by atoms with van der Waals surface area (Å²) < 4.78 is 24.6.